The van der Waals surface area contributed by atoms with Crippen LogP contribution < -0.4 is 4.74 Å². The van der Waals surface area contributed by atoms with Crippen LogP contribution in [0.3, 0.4) is 0 Å². The third-order valence-corrected chi connectivity index (χ3v) is 3.02. The molecule has 0 unspecified atom stereocenters. The van der Waals surface area contributed by atoms with Crippen molar-refractivity contribution in [1.82, 2.24) is 0 Å². The van der Waals surface area contributed by atoms with E-state index < -0.39 is 5.97 Å². The molecule has 0 saturated carbocycles. The highest BCUT2D eigenvalue weighted by molar-refractivity contribution is 5.97. The van der Waals surface area contributed by atoms with E-state index in [0.29, 0.717) is 18.3 Å². The largest absolute Gasteiger partial charge is 0.493 e. The molecular formula is C16H18O3. The summed E-state index contributed by atoms with van der Waals surface area (Å²) in [5.74, 6) is 0.282. The summed E-state index contributed by atoms with van der Waals surface area (Å²) in [6.07, 6.45) is 0.950. The molecule has 2 rings (SSSR count). The van der Waals surface area contributed by atoms with Crippen molar-refractivity contribution in [1.29, 1.82) is 0 Å². The monoisotopic (exact) mass is 258 g/mol. The van der Waals surface area contributed by atoms with Crippen LogP contribution >= 0.6 is 0 Å². The first-order valence-electron chi connectivity index (χ1n) is 6.47. The minimum absolute atomic E-state index is 0.262. The molecule has 0 bridgehead atoms. The number of carbonyl (C=O) groups is 1. The second kappa shape index (κ2) is 5.74. The van der Waals surface area contributed by atoms with E-state index in [9.17, 15) is 4.79 Å². The van der Waals surface area contributed by atoms with Crippen LogP contribution in [0.2, 0.25) is 0 Å². The number of hydrogen-bond donors (Lipinski definition) is 1. The number of fused-ring (bicyclic) bond motifs is 1. The van der Waals surface area contributed by atoms with Gasteiger partial charge in [0.1, 0.15) is 5.75 Å². The molecule has 2 aromatic rings. The van der Waals surface area contributed by atoms with Crippen LogP contribution in [0.15, 0.2) is 36.4 Å². The molecule has 0 aliphatic heterocycles. The molecule has 0 aliphatic rings. The number of carboxylic acid groups (broad SMARTS) is 1. The van der Waals surface area contributed by atoms with E-state index in [1.807, 2.05) is 24.3 Å². The normalized spacial score (nSPS) is 10.9. The Morgan fingerprint density at radius 2 is 2.00 bits per heavy atom. The van der Waals surface area contributed by atoms with E-state index in [4.69, 9.17) is 9.84 Å². The topological polar surface area (TPSA) is 46.5 Å². The fraction of sp³-hybridized carbons (Fsp3) is 0.312. The lowest BCUT2D eigenvalue weighted by molar-refractivity contribution is 0.0696. The zero-order valence-corrected chi connectivity index (χ0v) is 11.2. The molecule has 0 saturated heterocycles. The fourth-order valence-electron chi connectivity index (χ4n) is 1.92. The van der Waals surface area contributed by atoms with Crippen LogP contribution in [-0.2, 0) is 0 Å². The van der Waals surface area contributed by atoms with Crippen molar-refractivity contribution in [2.24, 2.45) is 5.92 Å². The maximum atomic E-state index is 11.1. The quantitative estimate of drug-likeness (QED) is 0.882. The molecule has 3 heteroatoms. The SMILES string of the molecule is CC(C)CCOc1cc(C(=O)O)cc2ccccc12. The summed E-state index contributed by atoms with van der Waals surface area (Å²) in [6, 6.07) is 10.9. The van der Waals surface area contributed by atoms with Crippen molar-refractivity contribution in [3.63, 3.8) is 0 Å². The predicted octanol–water partition coefficient (Wildman–Crippen LogP) is 3.96. The maximum absolute atomic E-state index is 11.1. The standard InChI is InChI=1S/C16H18O3/c1-11(2)7-8-19-15-10-13(16(17)18)9-12-5-3-4-6-14(12)15/h3-6,9-11H,7-8H2,1-2H3,(H,17,18). The molecule has 1 N–H and O–H groups in total. The Hall–Kier alpha value is -2.03. The van der Waals surface area contributed by atoms with Gasteiger partial charge in [0.15, 0.2) is 0 Å². The van der Waals surface area contributed by atoms with Gasteiger partial charge in [-0.3, -0.25) is 0 Å². The van der Waals surface area contributed by atoms with Crippen LogP contribution in [-0.4, -0.2) is 17.7 Å². The van der Waals surface area contributed by atoms with Gasteiger partial charge in [0.05, 0.1) is 12.2 Å². The van der Waals surface area contributed by atoms with E-state index in [0.717, 1.165) is 17.2 Å². The molecule has 0 radical (unpaired) electrons. The minimum atomic E-state index is -0.931. The second-order valence-corrected chi connectivity index (χ2v) is 5.03. The Kier molecular flexibility index (Phi) is 4.05. The predicted molar refractivity (Wildman–Crippen MR) is 75.9 cm³/mol. The fourth-order valence-corrected chi connectivity index (χ4v) is 1.92. The van der Waals surface area contributed by atoms with E-state index in [2.05, 4.69) is 13.8 Å². The van der Waals surface area contributed by atoms with Gasteiger partial charge >= 0.3 is 5.97 Å². The smallest absolute Gasteiger partial charge is 0.335 e. The molecule has 3 nitrogen and oxygen atoms in total. The van der Waals surface area contributed by atoms with Crippen LogP contribution in [0, 0.1) is 5.92 Å². The lowest BCUT2D eigenvalue weighted by Gasteiger charge is -2.11. The van der Waals surface area contributed by atoms with Gasteiger partial charge in [-0.1, -0.05) is 38.1 Å². The number of carboxylic acids is 1. The number of benzene rings is 2. The zero-order valence-electron chi connectivity index (χ0n) is 11.2. The molecule has 0 spiro atoms. The molecule has 0 fully saturated rings. The van der Waals surface area contributed by atoms with Gasteiger partial charge in [-0.2, -0.15) is 0 Å². The Morgan fingerprint density at radius 3 is 2.68 bits per heavy atom. The summed E-state index contributed by atoms with van der Waals surface area (Å²) in [5.41, 5.74) is 0.262. The Labute approximate surface area is 112 Å². The molecule has 0 aromatic heterocycles. The van der Waals surface area contributed by atoms with Crippen molar-refractivity contribution in [3.05, 3.63) is 42.0 Å². The molecule has 2 aromatic carbocycles. The average Bonchev–Trinajstić information content (AvgIpc) is 2.38. The van der Waals surface area contributed by atoms with Crippen molar-refractivity contribution in [2.75, 3.05) is 6.61 Å². The third kappa shape index (κ3) is 3.25. The number of rotatable bonds is 5. The molecule has 0 amide bonds. The maximum Gasteiger partial charge on any atom is 0.335 e. The van der Waals surface area contributed by atoms with Crippen molar-refractivity contribution in [3.8, 4) is 5.75 Å². The minimum Gasteiger partial charge on any atom is -0.493 e. The lowest BCUT2D eigenvalue weighted by Crippen LogP contribution is -2.03. The summed E-state index contributed by atoms with van der Waals surface area (Å²) in [5, 5.41) is 11.0. The lowest BCUT2D eigenvalue weighted by atomic mass is 10.1. The molecule has 100 valence electrons. The van der Waals surface area contributed by atoms with E-state index in [1.165, 1.54) is 0 Å². The second-order valence-electron chi connectivity index (χ2n) is 5.03. The van der Waals surface area contributed by atoms with Crippen LogP contribution in [0.4, 0.5) is 0 Å². The van der Waals surface area contributed by atoms with Gasteiger partial charge in [-0.15, -0.1) is 0 Å². The van der Waals surface area contributed by atoms with E-state index in [-0.39, 0.29) is 5.56 Å². The van der Waals surface area contributed by atoms with Gasteiger partial charge in [0, 0.05) is 5.39 Å². The first kappa shape index (κ1) is 13.4. The number of ether oxygens (including phenoxy) is 1. The van der Waals surface area contributed by atoms with Crippen LogP contribution in [0.25, 0.3) is 10.8 Å². The molecule has 0 heterocycles. The first-order valence-corrected chi connectivity index (χ1v) is 6.47. The Morgan fingerprint density at radius 1 is 1.26 bits per heavy atom. The summed E-state index contributed by atoms with van der Waals surface area (Å²) in [4.78, 5) is 11.1. The van der Waals surface area contributed by atoms with Gasteiger partial charge in [-0.25, -0.2) is 4.79 Å². The summed E-state index contributed by atoms with van der Waals surface area (Å²) in [7, 11) is 0. The summed E-state index contributed by atoms with van der Waals surface area (Å²) < 4.78 is 5.76. The number of aromatic carboxylic acids is 1. The Bertz CT molecular complexity index is 588. The molecule has 0 aliphatic carbocycles. The third-order valence-electron chi connectivity index (χ3n) is 3.02. The molecular weight excluding hydrogens is 240 g/mol. The average molecular weight is 258 g/mol. The first-order chi connectivity index (χ1) is 9.08. The molecule has 0 atom stereocenters. The zero-order chi connectivity index (χ0) is 13.8. The highest BCUT2D eigenvalue weighted by atomic mass is 16.5. The van der Waals surface area contributed by atoms with Gasteiger partial charge in [0.2, 0.25) is 0 Å². The number of hydrogen-bond acceptors (Lipinski definition) is 2. The Balaban J connectivity index is 2.36. The van der Waals surface area contributed by atoms with Crippen molar-refractivity contribution >= 4 is 16.7 Å². The van der Waals surface area contributed by atoms with Crippen LogP contribution in [0.1, 0.15) is 30.6 Å². The molecule has 19 heavy (non-hydrogen) atoms. The highest BCUT2D eigenvalue weighted by Crippen LogP contribution is 2.28. The van der Waals surface area contributed by atoms with E-state index in [1.54, 1.807) is 12.1 Å². The van der Waals surface area contributed by atoms with Crippen molar-refractivity contribution < 1.29 is 14.6 Å². The summed E-state index contributed by atoms with van der Waals surface area (Å²) >= 11 is 0. The van der Waals surface area contributed by atoms with E-state index >= 15 is 0 Å². The van der Waals surface area contributed by atoms with Crippen LogP contribution in [0.5, 0.6) is 5.75 Å². The van der Waals surface area contributed by atoms with Gasteiger partial charge in [-0.05, 0) is 29.9 Å². The van der Waals surface area contributed by atoms with Gasteiger partial charge in [0.25, 0.3) is 0 Å². The highest BCUT2D eigenvalue weighted by Gasteiger charge is 2.09. The summed E-state index contributed by atoms with van der Waals surface area (Å²) in [6.45, 7) is 4.87. The van der Waals surface area contributed by atoms with Crippen molar-refractivity contribution in [2.45, 2.75) is 20.3 Å². The van der Waals surface area contributed by atoms with Gasteiger partial charge < -0.3 is 9.84 Å².